The summed E-state index contributed by atoms with van der Waals surface area (Å²) in [6, 6.07) is 9.77. The van der Waals surface area contributed by atoms with Gasteiger partial charge < -0.3 is 10.1 Å². The monoisotopic (exact) mass is 324 g/mol. The highest BCUT2D eigenvalue weighted by atomic mass is 79.9. The average molecular weight is 325 g/mol. The van der Waals surface area contributed by atoms with Gasteiger partial charge in [-0.2, -0.15) is 0 Å². The van der Waals surface area contributed by atoms with Gasteiger partial charge in [0.25, 0.3) is 0 Å². The molecule has 1 heterocycles. The molecule has 3 nitrogen and oxygen atoms in total. The molecule has 2 aliphatic rings. The number of ether oxygens (including phenoxy) is 1. The van der Waals surface area contributed by atoms with E-state index in [1.807, 2.05) is 0 Å². The third kappa shape index (κ3) is 3.78. The van der Waals surface area contributed by atoms with Gasteiger partial charge in [0.2, 0.25) is 0 Å². The number of halogens is 1. The first-order valence-electron chi connectivity index (χ1n) is 7.11. The molecule has 3 rings (SSSR count). The molecule has 0 aromatic heterocycles. The van der Waals surface area contributed by atoms with Crippen molar-refractivity contribution in [2.45, 2.75) is 31.5 Å². The highest BCUT2D eigenvalue weighted by molar-refractivity contribution is 9.10. The molecule has 1 N–H and O–H groups in total. The zero-order valence-electron chi connectivity index (χ0n) is 11.1. The predicted molar refractivity (Wildman–Crippen MR) is 80.2 cm³/mol. The van der Waals surface area contributed by atoms with Gasteiger partial charge in [0, 0.05) is 36.2 Å². The molecular formula is C15H21BrN2O. The molecule has 1 atom stereocenters. The van der Waals surface area contributed by atoms with E-state index in [2.05, 4.69) is 50.4 Å². The van der Waals surface area contributed by atoms with Gasteiger partial charge in [-0.3, -0.25) is 4.90 Å². The Morgan fingerprint density at radius 3 is 2.95 bits per heavy atom. The zero-order valence-corrected chi connectivity index (χ0v) is 12.7. The predicted octanol–water partition coefficient (Wildman–Crippen LogP) is 2.40. The zero-order chi connectivity index (χ0) is 13.1. The van der Waals surface area contributed by atoms with Crippen LogP contribution in [-0.4, -0.2) is 43.3 Å². The molecule has 1 aliphatic carbocycles. The van der Waals surface area contributed by atoms with Gasteiger partial charge in [-0.05, 0) is 24.5 Å². The van der Waals surface area contributed by atoms with E-state index in [0.29, 0.717) is 6.04 Å². The van der Waals surface area contributed by atoms with Gasteiger partial charge in [0.15, 0.2) is 0 Å². The SMILES string of the molecule is Brc1ccccc1CN1CCOCC1CNC1CC1. The van der Waals surface area contributed by atoms with Crippen LogP contribution in [0.15, 0.2) is 28.7 Å². The van der Waals surface area contributed by atoms with Crippen LogP contribution in [0.2, 0.25) is 0 Å². The summed E-state index contributed by atoms with van der Waals surface area (Å²) < 4.78 is 6.84. The van der Waals surface area contributed by atoms with Crippen LogP contribution in [0.4, 0.5) is 0 Å². The standard InChI is InChI=1S/C15H21BrN2O/c16-15-4-2-1-3-12(15)10-18-7-8-19-11-14(18)9-17-13-5-6-13/h1-4,13-14,17H,5-11H2. The van der Waals surface area contributed by atoms with Crippen LogP contribution in [0, 0.1) is 0 Å². The molecule has 0 bridgehead atoms. The largest absolute Gasteiger partial charge is 0.378 e. The van der Waals surface area contributed by atoms with Crippen molar-refractivity contribution < 1.29 is 4.74 Å². The van der Waals surface area contributed by atoms with Gasteiger partial charge in [0.1, 0.15) is 0 Å². The Morgan fingerprint density at radius 2 is 2.16 bits per heavy atom. The van der Waals surface area contributed by atoms with Crippen molar-refractivity contribution in [2.24, 2.45) is 0 Å². The maximum absolute atomic E-state index is 5.64. The molecule has 0 amide bonds. The number of nitrogens with one attached hydrogen (secondary N) is 1. The van der Waals surface area contributed by atoms with Gasteiger partial charge in [-0.15, -0.1) is 0 Å². The van der Waals surface area contributed by atoms with Crippen LogP contribution in [0.5, 0.6) is 0 Å². The minimum atomic E-state index is 0.501. The van der Waals surface area contributed by atoms with Crippen molar-refractivity contribution in [2.75, 3.05) is 26.3 Å². The van der Waals surface area contributed by atoms with Crippen molar-refractivity contribution in [3.8, 4) is 0 Å². The number of hydrogen-bond acceptors (Lipinski definition) is 3. The molecule has 1 saturated heterocycles. The van der Waals surface area contributed by atoms with Crippen molar-refractivity contribution in [3.05, 3.63) is 34.3 Å². The summed E-state index contributed by atoms with van der Waals surface area (Å²) in [6.45, 7) is 4.78. The number of rotatable bonds is 5. The Kier molecular flexibility index (Phi) is 4.53. The van der Waals surface area contributed by atoms with Gasteiger partial charge in [-0.1, -0.05) is 34.1 Å². The normalized spacial score (nSPS) is 24.6. The second-order valence-electron chi connectivity index (χ2n) is 5.47. The van der Waals surface area contributed by atoms with Crippen LogP contribution < -0.4 is 5.32 Å². The first-order valence-corrected chi connectivity index (χ1v) is 7.91. The molecule has 1 unspecified atom stereocenters. The van der Waals surface area contributed by atoms with E-state index in [9.17, 15) is 0 Å². The topological polar surface area (TPSA) is 24.5 Å². The summed E-state index contributed by atoms with van der Waals surface area (Å²) in [6.07, 6.45) is 2.69. The lowest BCUT2D eigenvalue weighted by molar-refractivity contribution is -0.0111. The third-order valence-corrected chi connectivity index (χ3v) is 4.67. The quantitative estimate of drug-likeness (QED) is 0.900. The second kappa shape index (κ2) is 6.35. The maximum atomic E-state index is 5.64. The molecule has 0 spiro atoms. The van der Waals surface area contributed by atoms with Gasteiger partial charge in [0.05, 0.1) is 13.2 Å². The van der Waals surface area contributed by atoms with E-state index in [1.54, 1.807) is 0 Å². The molecule has 2 fully saturated rings. The lowest BCUT2D eigenvalue weighted by Gasteiger charge is -2.36. The summed E-state index contributed by atoms with van der Waals surface area (Å²) in [7, 11) is 0. The number of nitrogens with zero attached hydrogens (tertiary/aromatic N) is 1. The van der Waals surface area contributed by atoms with Crippen LogP contribution in [0.25, 0.3) is 0 Å². The van der Waals surface area contributed by atoms with Crippen LogP contribution in [-0.2, 0) is 11.3 Å². The summed E-state index contributed by atoms with van der Waals surface area (Å²) in [4.78, 5) is 2.54. The van der Waals surface area contributed by atoms with Gasteiger partial charge in [-0.25, -0.2) is 0 Å². The van der Waals surface area contributed by atoms with Crippen LogP contribution in [0.1, 0.15) is 18.4 Å². The third-order valence-electron chi connectivity index (χ3n) is 3.90. The fourth-order valence-electron chi connectivity index (χ4n) is 2.52. The Bertz CT molecular complexity index is 422. The summed E-state index contributed by atoms with van der Waals surface area (Å²) in [5, 5.41) is 3.62. The minimum absolute atomic E-state index is 0.501. The Balaban J connectivity index is 1.60. The molecule has 1 saturated carbocycles. The van der Waals surface area contributed by atoms with Crippen molar-refractivity contribution in [1.29, 1.82) is 0 Å². The fourth-order valence-corrected chi connectivity index (χ4v) is 2.93. The second-order valence-corrected chi connectivity index (χ2v) is 6.33. The number of benzene rings is 1. The van der Waals surface area contributed by atoms with E-state index in [4.69, 9.17) is 4.74 Å². The van der Waals surface area contributed by atoms with Crippen molar-refractivity contribution in [3.63, 3.8) is 0 Å². The number of hydrogen-bond donors (Lipinski definition) is 1. The van der Waals surface area contributed by atoms with E-state index < -0.39 is 0 Å². The Labute approximate surface area is 123 Å². The molecule has 104 valence electrons. The lowest BCUT2D eigenvalue weighted by atomic mass is 10.1. The number of morpholine rings is 1. The smallest absolute Gasteiger partial charge is 0.0635 e. The molecular weight excluding hydrogens is 304 g/mol. The molecule has 4 heteroatoms. The molecule has 1 aliphatic heterocycles. The molecule has 0 radical (unpaired) electrons. The maximum Gasteiger partial charge on any atom is 0.0635 e. The van der Waals surface area contributed by atoms with Gasteiger partial charge >= 0.3 is 0 Å². The summed E-state index contributed by atoms with van der Waals surface area (Å²) >= 11 is 3.64. The van der Waals surface area contributed by atoms with Crippen LogP contribution in [0.3, 0.4) is 0 Å². The Hall–Kier alpha value is -0.420. The van der Waals surface area contributed by atoms with Crippen LogP contribution >= 0.6 is 15.9 Å². The first kappa shape index (κ1) is 13.6. The molecule has 19 heavy (non-hydrogen) atoms. The fraction of sp³-hybridized carbons (Fsp3) is 0.600. The first-order chi connectivity index (χ1) is 9.33. The highest BCUT2D eigenvalue weighted by Gasteiger charge is 2.27. The molecule has 1 aromatic rings. The van der Waals surface area contributed by atoms with E-state index in [1.165, 1.54) is 22.9 Å². The summed E-state index contributed by atoms with van der Waals surface area (Å²) in [5.41, 5.74) is 1.36. The van der Waals surface area contributed by atoms with E-state index >= 15 is 0 Å². The summed E-state index contributed by atoms with van der Waals surface area (Å²) in [5.74, 6) is 0. The minimum Gasteiger partial charge on any atom is -0.378 e. The average Bonchev–Trinajstić information content (AvgIpc) is 3.24. The van der Waals surface area contributed by atoms with E-state index in [0.717, 1.165) is 38.9 Å². The Morgan fingerprint density at radius 1 is 1.32 bits per heavy atom. The van der Waals surface area contributed by atoms with E-state index in [-0.39, 0.29) is 0 Å². The highest BCUT2D eigenvalue weighted by Crippen LogP contribution is 2.21. The molecule has 1 aromatic carbocycles. The van der Waals surface area contributed by atoms with Crippen molar-refractivity contribution >= 4 is 15.9 Å². The lowest BCUT2D eigenvalue weighted by Crippen LogP contribution is -2.50. The van der Waals surface area contributed by atoms with Crippen molar-refractivity contribution in [1.82, 2.24) is 10.2 Å².